The van der Waals surface area contributed by atoms with E-state index in [1.165, 1.54) is 7.11 Å². The first-order chi connectivity index (χ1) is 6.61. The van der Waals surface area contributed by atoms with Gasteiger partial charge in [0.15, 0.2) is 0 Å². The Morgan fingerprint density at radius 3 is 2.64 bits per heavy atom. The molecule has 0 bridgehead atoms. The summed E-state index contributed by atoms with van der Waals surface area (Å²) in [7, 11) is 1.32. The minimum absolute atomic E-state index is 0.415. The third-order valence-electron chi connectivity index (χ3n) is 1.61. The fourth-order valence-electron chi connectivity index (χ4n) is 0.923. The van der Waals surface area contributed by atoms with Gasteiger partial charge < -0.3 is 4.74 Å². The van der Waals surface area contributed by atoms with Crippen LogP contribution in [-0.4, -0.2) is 13.1 Å². The molecule has 0 spiro atoms. The van der Waals surface area contributed by atoms with Crippen LogP contribution in [-0.2, 0) is 4.74 Å². The molecule has 0 radical (unpaired) electrons. The number of rotatable bonds is 1. The Bertz CT molecular complexity index is 424. The molecule has 0 N–H and O–H groups in total. The van der Waals surface area contributed by atoms with E-state index in [9.17, 15) is 4.79 Å². The lowest BCUT2D eigenvalue weighted by molar-refractivity contribution is 0.0599. The Morgan fingerprint density at radius 2 is 2.14 bits per heavy atom. The first kappa shape index (κ1) is 11.7. The van der Waals surface area contributed by atoms with Crippen LogP contribution in [0.25, 0.3) is 0 Å². The van der Waals surface area contributed by atoms with Crippen LogP contribution < -0.4 is 0 Å². The van der Waals surface area contributed by atoms with Crippen molar-refractivity contribution in [3.05, 3.63) is 30.4 Å². The zero-order chi connectivity index (χ0) is 10.7. The molecule has 5 heteroatoms. The molecule has 3 nitrogen and oxygen atoms in total. The zero-order valence-corrected chi connectivity index (χ0v) is 11.5. The monoisotopic (exact) mass is 413 g/mol. The molecule has 0 unspecified atom stereocenters. The number of carbonyl (C=O) groups is 1. The van der Waals surface area contributed by atoms with Gasteiger partial charge in [0.05, 0.1) is 18.2 Å². The van der Waals surface area contributed by atoms with Crippen LogP contribution >= 0.6 is 45.2 Å². The molecule has 0 atom stereocenters. The highest BCUT2D eigenvalue weighted by atomic mass is 127. The van der Waals surface area contributed by atoms with Gasteiger partial charge in [-0.25, -0.2) is 4.79 Å². The zero-order valence-electron chi connectivity index (χ0n) is 7.17. The number of halogens is 2. The van der Waals surface area contributed by atoms with Crippen molar-refractivity contribution < 1.29 is 9.53 Å². The van der Waals surface area contributed by atoms with Gasteiger partial charge in [0.2, 0.25) is 0 Å². The molecular formula is C9H5I2NO2. The van der Waals surface area contributed by atoms with Crippen LogP contribution in [0.3, 0.4) is 0 Å². The number of esters is 1. The molecule has 0 heterocycles. The normalized spacial score (nSPS) is 9.29. The van der Waals surface area contributed by atoms with E-state index in [1.54, 1.807) is 12.1 Å². The number of ether oxygens (including phenoxy) is 1. The fourth-order valence-corrected chi connectivity index (χ4v) is 2.82. The van der Waals surface area contributed by atoms with E-state index < -0.39 is 5.97 Å². The number of hydrogen-bond donors (Lipinski definition) is 0. The molecule has 0 aliphatic heterocycles. The maximum Gasteiger partial charge on any atom is 0.338 e. The first-order valence-corrected chi connectivity index (χ1v) is 5.74. The minimum Gasteiger partial charge on any atom is -0.465 e. The average molecular weight is 413 g/mol. The predicted octanol–water partition coefficient (Wildman–Crippen LogP) is 2.55. The number of carbonyl (C=O) groups excluding carboxylic acids is 1. The van der Waals surface area contributed by atoms with Crippen LogP contribution in [0.2, 0.25) is 0 Å². The SMILES string of the molecule is COC(=O)c1ccc(I)c(C#N)c1I. The summed E-state index contributed by atoms with van der Waals surface area (Å²) in [5.74, 6) is -0.415. The molecule has 1 aromatic carbocycles. The van der Waals surface area contributed by atoms with E-state index in [0.29, 0.717) is 14.7 Å². The second-order valence-electron chi connectivity index (χ2n) is 2.39. The average Bonchev–Trinajstić information content (AvgIpc) is 2.18. The third kappa shape index (κ3) is 2.17. The van der Waals surface area contributed by atoms with Crippen LogP contribution in [0.1, 0.15) is 15.9 Å². The number of nitriles is 1. The Labute approximate surface area is 109 Å². The van der Waals surface area contributed by atoms with Crippen LogP contribution in [0.15, 0.2) is 12.1 Å². The Balaban J connectivity index is 3.37. The van der Waals surface area contributed by atoms with Gasteiger partial charge in [-0.05, 0) is 57.3 Å². The van der Waals surface area contributed by atoms with E-state index in [0.717, 1.165) is 3.57 Å². The standard InChI is InChI=1S/C9H5I2NO2/c1-14-9(13)5-2-3-7(10)6(4-12)8(5)11/h2-3H,1H3. The molecule has 0 saturated carbocycles. The van der Waals surface area contributed by atoms with Crippen molar-refractivity contribution in [2.45, 2.75) is 0 Å². The maximum absolute atomic E-state index is 11.3. The van der Waals surface area contributed by atoms with Gasteiger partial charge >= 0.3 is 5.97 Å². The molecule has 0 fully saturated rings. The molecule has 0 saturated heterocycles. The molecule has 0 aromatic heterocycles. The lowest BCUT2D eigenvalue weighted by Gasteiger charge is -2.04. The summed E-state index contributed by atoms with van der Waals surface area (Å²) in [6, 6.07) is 5.45. The Hall–Kier alpha value is -0.360. The molecule has 14 heavy (non-hydrogen) atoms. The fraction of sp³-hybridized carbons (Fsp3) is 0.111. The van der Waals surface area contributed by atoms with Gasteiger partial charge in [-0.3, -0.25) is 0 Å². The lowest BCUT2D eigenvalue weighted by Crippen LogP contribution is -2.05. The van der Waals surface area contributed by atoms with E-state index in [2.05, 4.69) is 33.4 Å². The highest BCUT2D eigenvalue weighted by molar-refractivity contribution is 14.1. The Morgan fingerprint density at radius 1 is 1.50 bits per heavy atom. The van der Waals surface area contributed by atoms with Gasteiger partial charge in [-0.2, -0.15) is 5.26 Å². The predicted molar refractivity (Wildman–Crippen MR) is 67.9 cm³/mol. The number of methoxy groups -OCH3 is 1. The van der Waals surface area contributed by atoms with E-state index in [-0.39, 0.29) is 0 Å². The molecule has 0 aliphatic rings. The van der Waals surface area contributed by atoms with Crippen molar-refractivity contribution >= 4 is 51.2 Å². The topological polar surface area (TPSA) is 50.1 Å². The summed E-state index contributed by atoms with van der Waals surface area (Å²) < 4.78 is 6.08. The second kappa shape index (κ2) is 4.93. The van der Waals surface area contributed by atoms with Crippen molar-refractivity contribution in [2.75, 3.05) is 7.11 Å². The highest BCUT2D eigenvalue weighted by Crippen LogP contribution is 2.22. The van der Waals surface area contributed by atoms with Crippen molar-refractivity contribution in [1.82, 2.24) is 0 Å². The molecule has 0 aliphatic carbocycles. The number of nitrogens with zero attached hydrogens (tertiary/aromatic N) is 1. The van der Waals surface area contributed by atoms with Crippen molar-refractivity contribution in [2.24, 2.45) is 0 Å². The largest absolute Gasteiger partial charge is 0.465 e. The summed E-state index contributed by atoms with van der Waals surface area (Å²) >= 11 is 4.04. The van der Waals surface area contributed by atoms with Crippen molar-refractivity contribution in [3.8, 4) is 6.07 Å². The van der Waals surface area contributed by atoms with Crippen molar-refractivity contribution in [1.29, 1.82) is 5.26 Å². The first-order valence-electron chi connectivity index (χ1n) is 3.58. The molecule has 0 amide bonds. The van der Waals surface area contributed by atoms with Crippen LogP contribution in [0.5, 0.6) is 0 Å². The molecule has 1 rings (SSSR count). The molecule has 72 valence electrons. The number of benzene rings is 1. The Kier molecular flexibility index (Phi) is 4.12. The second-order valence-corrected chi connectivity index (χ2v) is 4.63. The summed E-state index contributed by atoms with van der Waals surface area (Å²) in [6.07, 6.45) is 0. The van der Waals surface area contributed by atoms with Crippen LogP contribution in [0, 0.1) is 18.5 Å². The van der Waals surface area contributed by atoms with E-state index in [1.807, 2.05) is 22.6 Å². The summed E-state index contributed by atoms with van der Waals surface area (Å²) in [4.78, 5) is 11.3. The van der Waals surface area contributed by atoms with Crippen LogP contribution in [0.4, 0.5) is 0 Å². The molecule has 1 aromatic rings. The highest BCUT2D eigenvalue weighted by Gasteiger charge is 2.15. The smallest absolute Gasteiger partial charge is 0.338 e. The lowest BCUT2D eigenvalue weighted by atomic mass is 10.1. The van der Waals surface area contributed by atoms with E-state index in [4.69, 9.17) is 5.26 Å². The minimum atomic E-state index is -0.415. The summed E-state index contributed by atoms with van der Waals surface area (Å²) in [5.41, 5.74) is 0.958. The summed E-state index contributed by atoms with van der Waals surface area (Å²) in [5, 5.41) is 8.87. The molecular weight excluding hydrogens is 408 g/mol. The van der Waals surface area contributed by atoms with Gasteiger partial charge in [-0.1, -0.05) is 0 Å². The maximum atomic E-state index is 11.3. The van der Waals surface area contributed by atoms with Crippen molar-refractivity contribution in [3.63, 3.8) is 0 Å². The van der Waals surface area contributed by atoms with Gasteiger partial charge in [-0.15, -0.1) is 0 Å². The van der Waals surface area contributed by atoms with Gasteiger partial charge in [0.25, 0.3) is 0 Å². The van der Waals surface area contributed by atoms with Gasteiger partial charge in [0.1, 0.15) is 6.07 Å². The quantitative estimate of drug-likeness (QED) is 0.526. The number of hydrogen-bond acceptors (Lipinski definition) is 3. The van der Waals surface area contributed by atoms with E-state index >= 15 is 0 Å². The summed E-state index contributed by atoms with van der Waals surface area (Å²) in [6.45, 7) is 0. The third-order valence-corrected chi connectivity index (χ3v) is 3.63. The van der Waals surface area contributed by atoms with Gasteiger partial charge in [0, 0.05) is 7.14 Å².